The number of aromatic nitrogens is 2. The monoisotopic (exact) mass is 347 g/mol. The standard InChI is InChI=1S/C16H14ClN3O2S/c17-15-10-19-20(16(15)13-4-2-1-3-5-13)14-8-6-12(7-9-14)11-23(18,21)22/h1-10H,11H2,(H2,18,21,22). The van der Waals surface area contributed by atoms with Gasteiger partial charge in [0, 0.05) is 5.56 Å². The van der Waals surface area contributed by atoms with E-state index >= 15 is 0 Å². The Morgan fingerprint density at radius 2 is 1.70 bits per heavy atom. The summed E-state index contributed by atoms with van der Waals surface area (Å²) < 4.78 is 24.0. The van der Waals surface area contributed by atoms with E-state index < -0.39 is 10.0 Å². The van der Waals surface area contributed by atoms with Gasteiger partial charge < -0.3 is 0 Å². The highest BCUT2D eigenvalue weighted by atomic mass is 35.5. The molecular formula is C16H14ClN3O2S. The number of primary sulfonamides is 1. The summed E-state index contributed by atoms with van der Waals surface area (Å²) in [6.07, 6.45) is 1.59. The van der Waals surface area contributed by atoms with Crippen molar-refractivity contribution in [3.8, 4) is 16.9 Å². The van der Waals surface area contributed by atoms with Crippen LogP contribution in [0.15, 0.2) is 60.8 Å². The van der Waals surface area contributed by atoms with Gasteiger partial charge in [0.05, 0.1) is 28.4 Å². The van der Waals surface area contributed by atoms with Gasteiger partial charge >= 0.3 is 0 Å². The predicted molar refractivity (Wildman–Crippen MR) is 90.8 cm³/mol. The molecule has 0 aliphatic heterocycles. The van der Waals surface area contributed by atoms with Gasteiger partial charge in [-0.2, -0.15) is 5.10 Å². The first-order valence-electron chi connectivity index (χ1n) is 6.83. The predicted octanol–water partition coefficient (Wildman–Crippen LogP) is 2.98. The first-order valence-corrected chi connectivity index (χ1v) is 8.92. The van der Waals surface area contributed by atoms with E-state index in [-0.39, 0.29) is 5.75 Å². The average molecular weight is 348 g/mol. The highest BCUT2D eigenvalue weighted by molar-refractivity contribution is 7.88. The van der Waals surface area contributed by atoms with E-state index in [1.54, 1.807) is 35.1 Å². The molecule has 0 atom stereocenters. The molecule has 0 saturated heterocycles. The van der Waals surface area contributed by atoms with Crippen LogP contribution in [0, 0.1) is 0 Å². The molecule has 118 valence electrons. The van der Waals surface area contributed by atoms with Crippen LogP contribution in [-0.2, 0) is 15.8 Å². The Balaban J connectivity index is 2.00. The lowest BCUT2D eigenvalue weighted by Crippen LogP contribution is -2.14. The zero-order valence-corrected chi connectivity index (χ0v) is 13.6. The summed E-state index contributed by atoms with van der Waals surface area (Å²) in [5.74, 6) is -0.196. The van der Waals surface area contributed by atoms with Gasteiger partial charge in [0.1, 0.15) is 0 Å². The first kappa shape index (κ1) is 15.7. The molecule has 5 nitrogen and oxygen atoms in total. The van der Waals surface area contributed by atoms with Gasteiger partial charge in [-0.05, 0) is 17.7 Å². The van der Waals surface area contributed by atoms with Crippen molar-refractivity contribution in [2.75, 3.05) is 0 Å². The van der Waals surface area contributed by atoms with E-state index in [0.717, 1.165) is 16.9 Å². The molecule has 0 aliphatic carbocycles. The maximum atomic E-state index is 11.1. The minimum Gasteiger partial charge on any atom is -0.232 e. The summed E-state index contributed by atoms with van der Waals surface area (Å²) in [5.41, 5.74) is 3.14. The molecule has 3 rings (SSSR count). The smallest absolute Gasteiger partial charge is 0.213 e. The van der Waals surface area contributed by atoms with Crippen molar-refractivity contribution in [3.63, 3.8) is 0 Å². The third-order valence-corrected chi connectivity index (χ3v) is 4.33. The van der Waals surface area contributed by atoms with Gasteiger partial charge in [-0.25, -0.2) is 18.2 Å². The van der Waals surface area contributed by atoms with Gasteiger partial charge in [-0.1, -0.05) is 54.1 Å². The minimum atomic E-state index is -3.55. The number of benzene rings is 2. The summed E-state index contributed by atoms with van der Waals surface area (Å²) in [6, 6.07) is 16.7. The molecule has 1 aromatic heterocycles. The molecule has 0 amide bonds. The number of sulfonamides is 1. The van der Waals surface area contributed by atoms with Crippen molar-refractivity contribution >= 4 is 21.6 Å². The van der Waals surface area contributed by atoms with Crippen molar-refractivity contribution in [1.82, 2.24) is 9.78 Å². The first-order chi connectivity index (χ1) is 10.9. The molecule has 0 aliphatic rings. The summed E-state index contributed by atoms with van der Waals surface area (Å²) >= 11 is 6.27. The maximum Gasteiger partial charge on any atom is 0.213 e. The second-order valence-corrected chi connectivity index (χ2v) is 7.11. The molecular weight excluding hydrogens is 334 g/mol. The van der Waals surface area contributed by atoms with Crippen LogP contribution in [0.4, 0.5) is 0 Å². The second kappa shape index (κ2) is 6.16. The Morgan fingerprint density at radius 3 is 2.30 bits per heavy atom. The van der Waals surface area contributed by atoms with Crippen LogP contribution in [0.3, 0.4) is 0 Å². The Bertz CT molecular complexity index is 920. The van der Waals surface area contributed by atoms with Crippen molar-refractivity contribution in [3.05, 3.63) is 71.4 Å². The summed E-state index contributed by atoms with van der Waals surface area (Å²) in [5, 5.41) is 9.91. The second-order valence-electron chi connectivity index (χ2n) is 5.09. The highest BCUT2D eigenvalue weighted by Gasteiger charge is 2.13. The van der Waals surface area contributed by atoms with E-state index in [1.165, 1.54) is 0 Å². The van der Waals surface area contributed by atoms with Crippen LogP contribution >= 0.6 is 11.6 Å². The Hall–Kier alpha value is -2.15. The maximum absolute atomic E-state index is 11.1. The Labute approximate surface area is 139 Å². The van der Waals surface area contributed by atoms with E-state index in [1.807, 2.05) is 30.3 Å². The van der Waals surface area contributed by atoms with E-state index in [0.29, 0.717) is 10.6 Å². The van der Waals surface area contributed by atoms with E-state index in [2.05, 4.69) is 5.10 Å². The van der Waals surface area contributed by atoms with E-state index in [9.17, 15) is 8.42 Å². The van der Waals surface area contributed by atoms with Crippen LogP contribution in [0.2, 0.25) is 5.02 Å². The lowest BCUT2D eigenvalue weighted by molar-refractivity contribution is 0.597. The lowest BCUT2D eigenvalue weighted by atomic mass is 10.1. The minimum absolute atomic E-state index is 0.196. The number of hydrogen-bond acceptors (Lipinski definition) is 3. The van der Waals surface area contributed by atoms with Crippen molar-refractivity contribution in [2.24, 2.45) is 5.14 Å². The van der Waals surface area contributed by atoms with Crippen LogP contribution < -0.4 is 5.14 Å². The fraction of sp³-hybridized carbons (Fsp3) is 0.0625. The molecule has 0 fully saturated rings. The molecule has 0 radical (unpaired) electrons. The third kappa shape index (κ3) is 3.61. The number of nitrogens with zero attached hydrogens (tertiary/aromatic N) is 2. The van der Waals surface area contributed by atoms with Crippen LogP contribution in [0.25, 0.3) is 16.9 Å². The number of nitrogens with two attached hydrogens (primary N) is 1. The van der Waals surface area contributed by atoms with Gasteiger partial charge in [0.2, 0.25) is 10.0 Å². The van der Waals surface area contributed by atoms with Gasteiger partial charge in [-0.15, -0.1) is 0 Å². The van der Waals surface area contributed by atoms with Crippen LogP contribution in [-0.4, -0.2) is 18.2 Å². The normalized spacial score (nSPS) is 11.6. The summed E-state index contributed by atoms with van der Waals surface area (Å²) in [7, 11) is -3.55. The fourth-order valence-electron chi connectivity index (χ4n) is 2.35. The molecule has 2 N–H and O–H groups in total. The Morgan fingerprint density at radius 1 is 1.04 bits per heavy atom. The molecule has 0 saturated carbocycles. The number of rotatable bonds is 4. The molecule has 0 unspecified atom stereocenters. The highest BCUT2D eigenvalue weighted by Crippen LogP contribution is 2.29. The molecule has 2 aromatic carbocycles. The molecule has 3 aromatic rings. The van der Waals surface area contributed by atoms with E-state index in [4.69, 9.17) is 16.7 Å². The number of halogens is 1. The SMILES string of the molecule is NS(=O)(=O)Cc1ccc(-n2ncc(Cl)c2-c2ccccc2)cc1. The molecule has 1 heterocycles. The zero-order valence-electron chi connectivity index (χ0n) is 12.1. The zero-order chi connectivity index (χ0) is 16.4. The molecule has 7 heteroatoms. The quantitative estimate of drug-likeness (QED) is 0.788. The topological polar surface area (TPSA) is 78.0 Å². The lowest BCUT2D eigenvalue weighted by Gasteiger charge is -2.09. The van der Waals surface area contributed by atoms with Gasteiger partial charge in [0.25, 0.3) is 0 Å². The molecule has 0 bridgehead atoms. The molecule has 23 heavy (non-hydrogen) atoms. The van der Waals surface area contributed by atoms with Crippen molar-refractivity contribution in [2.45, 2.75) is 5.75 Å². The van der Waals surface area contributed by atoms with Crippen molar-refractivity contribution < 1.29 is 8.42 Å². The third-order valence-electron chi connectivity index (χ3n) is 3.32. The fourth-order valence-corrected chi connectivity index (χ4v) is 3.24. The van der Waals surface area contributed by atoms with Crippen molar-refractivity contribution in [1.29, 1.82) is 0 Å². The summed E-state index contributed by atoms with van der Waals surface area (Å²) in [4.78, 5) is 0. The van der Waals surface area contributed by atoms with Gasteiger partial charge in [-0.3, -0.25) is 0 Å². The van der Waals surface area contributed by atoms with Crippen LogP contribution in [0.1, 0.15) is 5.56 Å². The number of hydrogen-bond donors (Lipinski definition) is 1. The van der Waals surface area contributed by atoms with Gasteiger partial charge in [0.15, 0.2) is 0 Å². The Kier molecular flexibility index (Phi) is 4.21. The largest absolute Gasteiger partial charge is 0.232 e. The summed E-state index contributed by atoms with van der Waals surface area (Å²) in [6.45, 7) is 0. The van der Waals surface area contributed by atoms with Crippen LogP contribution in [0.5, 0.6) is 0 Å². The average Bonchev–Trinajstić information content (AvgIpc) is 2.89. The molecule has 0 spiro atoms.